The molecule has 0 aliphatic heterocycles. The second kappa shape index (κ2) is 8.85. The average Bonchev–Trinajstić information content (AvgIpc) is 2.60. The van der Waals surface area contributed by atoms with E-state index >= 15 is 0 Å². The average molecular weight is 448 g/mol. The van der Waals surface area contributed by atoms with Crippen molar-refractivity contribution in [2.45, 2.75) is 12.9 Å². The molecule has 0 bridgehead atoms. The Hall–Kier alpha value is -2.62. The molecule has 0 unspecified atom stereocenters. The van der Waals surface area contributed by atoms with Gasteiger partial charge in [0.1, 0.15) is 5.75 Å². The second-order valence-corrected chi connectivity index (χ2v) is 6.07. The smallest absolute Gasteiger partial charge is 0.493 e. The van der Waals surface area contributed by atoms with Crippen LogP contribution in [-0.2, 0) is 6.54 Å². The molecule has 0 heterocycles. The number of nitrogens with zero attached hydrogens (tertiary/aromatic N) is 1. The number of guanidine groups is 1. The lowest BCUT2D eigenvalue weighted by Crippen LogP contribution is -2.22. The van der Waals surface area contributed by atoms with E-state index in [0.29, 0.717) is 21.7 Å². The van der Waals surface area contributed by atoms with Crippen LogP contribution in [-0.4, -0.2) is 26.5 Å². The van der Waals surface area contributed by atoms with Crippen molar-refractivity contribution in [3.63, 3.8) is 0 Å². The van der Waals surface area contributed by atoms with Crippen molar-refractivity contribution in [2.24, 2.45) is 10.7 Å². The molecule has 0 amide bonds. The molecule has 146 valence electrons. The molecular formula is C17H17BrF3N3O3. The number of ether oxygens (including phenoxy) is 3. The van der Waals surface area contributed by atoms with Gasteiger partial charge in [-0.2, -0.15) is 0 Å². The summed E-state index contributed by atoms with van der Waals surface area (Å²) in [6, 6.07) is 8.74. The SMILES string of the molecule is COc1cc(CN=C(N)Nc2ccc(OC(F)(F)F)cc2)cc(Br)c1OC. The van der Waals surface area contributed by atoms with Gasteiger partial charge in [0.25, 0.3) is 0 Å². The van der Waals surface area contributed by atoms with E-state index in [2.05, 4.69) is 31.0 Å². The number of nitrogens with two attached hydrogens (primary N) is 1. The largest absolute Gasteiger partial charge is 0.573 e. The number of anilines is 1. The molecule has 0 radical (unpaired) electrons. The zero-order chi connectivity index (χ0) is 20.0. The van der Waals surface area contributed by atoms with Gasteiger partial charge in [-0.05, 0) is 57.9 Å². The number of hydrogen-bond acceptors (Lipinski definition) is 4. The van der Waals surface area contributed by atoms with Crippen molar-refractivity contribution < 1.29 is 27.4 Å². The van der Waals surface area contributed by atoms with Gasteiger partial charge in [0.2, 0.25) is 0 Å². The highest BCUT2D eigenvalue weighted by Gasteiger charge is 2.30. The van der Waals surface area contributed by atoms with Gasteiger partial charge in [0, 0.05) is 5.69 Å². The van der Waals surface area contributed by atoms with E-state index in [1.165, 1.54) is 38.5 Å². The highest BCUT2D eigenvalue weighted by molar-refractivity contribution is 9.10. The summed E-state index contributed by atoms with van der Waals surface area (Å²) >= 11 is 3.39. The molecule has 0 aliphatic carbocycles. The molecule has 10 heteroatoms. The molecule has 0 atom stereocenters. The number of hydrogen-bond donors (Lipinski definition) is 2. The van der Waals surface area contributed by atoms with Gasteiger partial charge in [0.05, 0.1) is 25.2 Å². The van der Waals surface area contributed by atoms with E-state index in [1.807, 2.05) is 6.07 Å². The Morgan fingerprint density at radius 2 is 1.81 bits per heavy atom. The molecule has 0 fully saturated rings. The van der Waals surface area contributed by atoms with Crippen molar-refractivity contribution in [1.29, 1.82) is 0 Å². The quantitative estimate of drug-likeness (QED) is 0.510. The topological polar surface area (TPSA) is 78.1 Å². The first-order valence-electron chi connectivity index (χ1n) is 7.55. The lowest BCUT2D eigenvalue weighted by Gasteiger charge is -2.12. The Labute approximate surface area is 162 Å². The van der Waals surface area contributed by atoms with Crippen LogP contribution in [0.15, 0.2) is 45.9 Å². The molecule has 0 aromatic heterocycles. The van der Waals surface area contributed by atoms with Crippen LogP contribution in [0.3, 0.4) is 0 Å². The standard InChI is InChI=1S/C17H17BrF3N3O3/c1-25-14-8-10(7-13(18)15(14)26-2)9-23-16(22)24-11-3-5-12(6-4-11)27-17(19,20)21/h3-8H,9H2,1-2H3,(H3,22,23,24). The highest BCUT2D eigenvalue weighted by Crippen LogP contribution is 2.36. The van der Waals surface area contributed by atoms with E-state index in [4.69, 9.17) is 15.2 Å². The maximum absolute atomic E-state index is 12.1. The third-order valence-electron chi connectivity index (χ3n) is 3.29. The Morgan fingerprint density at radius 1 is 1.15 bits per heavy atom. The van der Waals surface area contributed by atoms with Gasteiger partial charge in [-0.15, -0.1) is 13.2 Å². The van der Waals surface area contributed by atoms with Crippen molar-refractivity contribution in [2.75, 3.05) is 19.5 Å². The van der Waals surface area contributed by atoms with Gasteiger partial charge in [-0.25, -0.2) is 4.99 Å². The van der Waals surface area contributed by atoms with Crippen molar-refractivity contribution in [3.05, 3.63) is 46.4 Å². The third-order valence-corrected chi connectivity index (χ3v) is 3.87. The van der Waals surface area contributed by atoms with Crippen molar-refractivity contribution in [3.8, 4) is 17.2 Å². The maximum Gasteiger partial charge on any atom is 0.573 e. The molecule has 0 aliphatic rings. The second-order valence-electron chi connectivity index (χ2n) is 5.21. The summed E-state index contributed by atoms with van der Waals surface area (Å²) in [5.74, 6) is 0.894. The van der Waals surface area contributed by atoms with Crippen LogP contribution in [0.2, 0.25) is 0 Å². The summed E-state index contributed by atoms with van der Waals surface area (Å²) in [6.07, 6.45) is -4.73. The molecule has 6 nitrogen and oxygen atoms in total. The fourth-order valence-corrected chi connectivity index (χ4v) is 2.82. The maximum atomic E-state index is 12.1. The lowest BCUT2D eigenvalue weighted by atomic mass is 10.2. The Kier molecular flexibility index (Phi) is 6.78. The molecule has 2 rings (SSSR count). The van der Waals surface area contributed by atoms with Crippen LogP contribution >= 0.6 is 15.9 Å². The summed E-state index contributed by atoms with van der Waals surface area (Å²) in [5, 5.41) is 2.79. The van der Waals surface area contributed by atoms with Gasteiger partial charge in [-0.1, -0.05) is 0 Å². The predicted octanol–water partition coefficient (Wildman–Crippen LogP) is 4.29. The summed E-state index contributed by atoms with van der Waals surface area (Å²) in [4.78, 5) is 4.20. The van der Waals surface area contributed by atoms with Gasteiger partial charge in [0.15, 0.2) is 17.5 Å². The first-order chi connectivity index (χ1) is 12.7. The molecule has 0 saturated heterocycles. The van der Waals surface area contributed by atoms with Crippen molar-refractivity contribution >= 4 is 27.6 Å². The Balaban J connectivity index is 2.03. The molecule has 2 aromatic rings. The monoisotopic (exact) mass is 447 g/mol. The number of alkyl halides is 3. The summed E-state index contributed by atoms with van der Waals surface area (Å²) in [5.41, 5.74) is 7.11. The normalized spacial score (nSPS) is 11.9. The fourth-order valence-electron chi connectivity index (χ4n) is 2.17. The summed E-state index contributed by atoms with van der Waals surface area (Å²) in [6.45, 7) is 0.257. The summed E-state index contributed by atoms with van der Waals surface area (Å²) in [7, 11) is 3.06. The minimum absolute atomic E-state index is 0.102. The van der Waals surface area contributed by atoms with E-state index in [0.717, 1.165) is 5.56 Å². The molecule has 0 saturated carbocycles. The highest BCUT2D eigenvalue weighted by atomic mass is 79.9. The van der Waals surface area contributed by atoms with E-state index in [9.17, 15) is 13.2 Å². The number of halogens is 4. The number of nitrogens with one attached hydrogen (secondary N) is 1. The number of rotatable bonds is 6. The molecule has 3 N–H and O–H groups in total. The summed E-state index contributed by atoms with van der Waals surface area (Å²) < 4.78 is 51.5. The van der Waals surface area contributed by atoms with Crippen LogP contribution in [0.1, 0.15) is 5.56 Å². The zero-order valence-electron chi connectivity index (χ0n) is 14.4. The number of aliphatic imine (C=N–C) groups is 1. The number of methoxy groups -OCH3 is 2. The Bertz CT molecular complexity index is 812. The molecule has 27 heavy (non-hydrogen) atoms. The molecular weight excluding hydrogens is 431 g/mol. The van der Waals surface area contributed by atoms with Gasteiger partial charge >= 0.3 is 6.36 Å². The minimum atomic E-state index is -4.73. The van der Waals surface area contributed by atoms with Crippen LogP contribution in [0, 0.1) is 0 Å². The van der Waals surface area contributed by atoms with Crippen LogP contribution < -0.4 is 25.3 Å². The predicted molar refractivity (Wildman–Crippen MR) is 99.3 cm³/mol. The van der Waals surface area contributed by atoms with Gasteiger partial charge in [-0.3, -0.25) is 0 Å². The minimum Gasteiger partial charge on any atom is -0.493 e. The Morgan fingerprint density at radius 3 is 2.37 bits per heavy atom. The third kappa shape index (κ3) is 6.24. The van der Waals surface area contributed by atoms with E-state index in [-0.39, 0.29) is 18.3 Å². The molecule has 2 aromatic carbocycles. The first-order valence-corrected chi connectivity index (χ1v) is 8.34. The first kappa shape index (κ1) is 20.7. The molecule has 0 spiro atoms. The van der Waals surface area contributed by atoms with Gasteiger partial charge < -0.3 is 25.3 Å². The van der Waals surface area contributed by atoms with E-state index in [1.54, 1.807) is 6.07 Å². The zero-order valence-corrected chi connectivity index (χ0v) is 16.0. The fraction of sp³-hybridized carbons (Fsp3) is 0.235. The van der Waals surface area contributed by atoms with Crippen LogP contribution in [0.25, 0.3) is 0 Å². The lowest BCUT2D eigenvalue weighted by molar-refractivity contribution is -0.274. The van der Waals surface area contributed by atoms with Crippen molar-refractivity contribution in [1.82, 2.24) is 0 Å². The van der Waals surface area contributed by atoms with Crippen LogP contribution in [0.4, 0.5) is 18.9 Å². The number of benzene rings is 2. The van der Waals surface area contributed by atoms with Crippen LogP contribution in [0.5, 0.6) is 17.2 Å². The van der Waals surface area contributed by atoms with E-state index < -0.39 is 6.36 Å².